The molecule has 1 heterocycles. The molecule has 0 aliphatic rings. The van der Waals surface area contributed by atoms with Crippen LogP contribution in [0.1, 0.15) is 27.8 Å². The summed E-state index contributed by atoms with van der Waals surface area (Å²) < 4.78 is 0. The van der Waals surface area contributed by atoms with E-state index >= 15 is 0 Å². The molecule has 0 aliphatic carbocycles. The van der Waals surface area contributed by atoms with Gasteiger partial charge < -0.3 is 15.3 Å². The summed E-state index contributed by atoms with van der Waals surface area (Å²) in [4.78, 5) is 39.2. The van der Waals surface area contributed by atoms with Gasteiger partial charge in [-0.05, 0) is 12.1 Å². The van der Waals surface area contributed by atoms with Crippen LogP contribution in [-0.4, -0.2) is 53.4 Å². The van der Waals surface area contributed by atoms with Crippen molar-refractivity contribution in [3.8, 4) is 0 Å². The Morgan fingerprint density at radius 1 is 1.40 bits per heavy atom. The standard InChI is InChI=1S/C13H17N3O4/c1-8(11(17)14-2)7-16(3)12(18)9-4-5-10(13(19)20)15-6-9/h4-6,8H,7H2,1-3H3,(H,14,17)(H,19,20). The highest BCUT2D eigenvalue weighted by atomic mass is 16.4. The third-order valence-electron chi connectivity index (χ3n) is 2.82. The van der Waals surface area contributed by atoms with Crippen molar-refractivity contribution in [3.63, 3.8) is 0 Å². The molecule has 0 bridgehead atoms. The fourth-order valence-electron chi connectivity index (χ4n) is 1.69. The lowest BCUT2D eigenvalue weighted by Crippen LogP contribution is -2.37. The lowest BCUT2D eigenvalue weighted by molar-refractivity contribution is -0.124. The first-order valence-corrected chi connectivity index (χ1v) is 6.03. The molecule has 0 radical (unpaired) electrons. The zero-order valence-electron chi connectivity index (χ0n) is 11.6. The van der Waals surface area contributed by atoms with E-state index in [0.717, 1.165) is 0 Å². The molecular weight excluding hydrogens is 262 g/mol. The van der Waals surface area contributed by atoms with Gasteiger partial charge in [-0.3, -0.25) is 9.59 Å². The number of pyridine rings is 1. The molecule has 0 spiro atoms. The second-order valence-corrected chi connectivity index (χ2v) is 4.44. The Hall–Kier alpha value is -2.44. The number of amides is 2. The first-order chi connectivity index (χ1) is 9.36. The van der Waals surface area contributed by atoms with Crippen LogP contribution in [0.4, 0.5) is 0 Å². The molecule has 1 aromatic heterocycles. The Morgan fingerprint density at radius 3 is 2.50 bits per heavy atom. The fourth-order valence-corrected chi connectivity index (χ4v) is 1.69. The number of carbonyl (C=O) groups is 3. The van der Waals surface area contributed by atoms with E-state index in [1.165, 1.54) is 30.3 Å². The third-order valence-corrected chi connectivity index (χ3v) is 2.82. The number of nitrogens with zero attached hydrogens (tertiary/aromatic N) is 2. The molecule has 0 saturated carbocycles. The molecule has 0 aromatic carbocycles. The fraction of sp³-hybridized carbons (Fsp3) is 0.385. The first kappa shape index (κ1) is 15.6. The van der Waals surface area contributed by atoms with Crippen LogP contribution in [0.5, 0.6) is 0 Å². The Balaban J connectivity index is 2.74. The van der Waals surface area contributed by atoms with Crippen molar-refractivity contribution in [2.75, 3.05) is 20.6 Å². The van der Waals surface area contributed by atoms with Crippen LogP contribution >= 0.6 is 0 Å². The Labute approximate surface area is 116 Å². The van der Waals surface area contributed by atoms with E-state index in [4.69, 9.17) is 5.11 Å². The molecule has 0 saturated heterocycles. The summed E-state index contributed by atoms with van der Waals surface area (Å²) in [5.41, 5.74) is 0.157. The minimum absolute atomic E-state index is 0.122. The van der Waals surface area contributed by atoms with Crippen LogP contribution in [-0.2, 0) is 4.79 Å². The SMILES string of the molecule is CNC(=O)C(C)CN(C)C(=O)c1ccc(C(=O)O)nc1. The molecule has 20 heavy (non-hydrogen) atoms. The molecule has 2 N–H and O–H groups in total. The van der Waals surface area contributed by atoms with E-state index in [1.54, 1.807) is 14.0 Å². The summed E-state index contributed by atoms with van der Waals surface area (Å²) in [5, 5.41) is 11.2. The molecule has 1 unspecified atom stereocenters. The maximum atomic E-state index is 12.1. The highest BCUT2D eigenvalue weighted by Gasteiger charge is 2.19. The number of carboxylic acid groups (broad SMARTS) is 1. The van der Waals surface area contributed by atoms with Crippen molar-refractivity contribution >= 4 is 17.8 Å². The normalized spacial score (nSPS) is 11.6. The highest BCUT2D eigenvalue weighted by Crippen LogP contribution is 2.06. The molecule has 1 rings (SSSR count). The molecule has 7 heteroatoms. The topological polar surface area (TPSA) is 99.6 Å². The molecule has 0 aliphatic heterocycles. The van der Waals surface area contributed by atoms with Gasteiger partial charge in [0.05, 0.1) is 11.5 Å². The quantitative estimate of drug-likeness (QED) is 0.804. The molecule has 1 aromatic rings. The zero-order valence-corrected chi connectivity index (χ0v) is 11.6. The van der Waals surface area contributed by atoms with Crippen LogP contribution < -0.4 is 5.32 Å². The monoisotopic (exact) mass is 279 g/mol. The van der Waals surface area contributed by atoms with E-state index in [0.29, 0.717) is 0 Å². The maximum absolute atomic E-state index is 12.1. The summed E-state index contributed by atoms with van der Waals surface area (Å²) in [6, 6.07) is 2.67. The van der Waals surface area contributed by atoms with Gasteiger partial charge in [-0.15, -0.1) is 0 Å². The van der Waals surface area contributed by atoms with Crippen molar-refractivity contribution < 1.29 is 19.5 Å². The number of rotatable bonds is 5. The van der Waals surface area contributed by atoms with E-state index < -0.39 is 5.97 Å². The van der Waals surface area contributed by atoms with Gasteiger partial charge >= 0.3 is 5.97 Å². The minimum Gasteiger partial charge on any atom is -0.477 e. The van der Waals surface area contributed by atoms with E-state index in [1.807, 2.05) is 0 Å². The summed E-state index contributed by atoms with van der Waals surface area (Å²) in [7, 11) is 3.11. The van der Waals surface area contributed by atoms with Crippen LogP contribution in [0.3, 0.4) is 0 Å². The van der Waals surface area contributed by atoms with Crippen molar-refractivity contribution in [1.82, 2.24) is 15.2 Å². The number of hydrogen-bond acceptors (Lipinski definition) is 4. The largest absolute Gasteiger partial charge is 0.477 e. The number of nitrogens with one attached hydrogen (secondary N) is 1. The second kappa shape index (κ2) is 6.65. The lowest BCUT2D eigenvalue weighted by atomic mass is 10.1. The lowest BCUT2D eigenvalue weighted by Gasteiger charge is -2.20. The van der Waals surface area contributed by atoms with Crippen LogP contribution in [0, 0.1) is 5.92 Å². The summed E-state index contributed by atoms with van der Waals surface area (Å²) in [6.45, 7) is 1.98. The predicted molar refractivity (Wildman–Crippen MR) is 71.4 cm³/mol. The van der Waals surface area contributed by atoms with Crippen molar-refractivity contribution in [2.45, 2.75) is 6.92 Å². The Bertz CT molecular complexity index is 513. The smallest absolute Gasteiger partial charge is 0.354 e. The van der Waals surface area contributed by atoms with Crippen molar-refractivity contribution in [3.05, 3.63) is 29.6 Å². The average Bonchev–Trinajstić information content (AvgIpc) is 2.45. The first-order valence-electron chi connectivity index (χ1n) is 6.03. The van der Waals surface area contributed by atoms with Gasteiger partial charge in [0.1, 0.15) is 5.69 Å². The van der Waals surface area contributed by atoms with Gasteiger partial charge in [0.2, 0.25) is 5.91 Å². The molecule has 0 fully saturated rings. The summed E-state index contributed by atoms with van der Waals surface area (Å²) in [5.74, 6) is -1.94. The molecular formula is C13H17N3O4. The van der Waals surface area contributed by atoms with E-state index in [9.17, 15) is 14.4 Å². The zero-order chi connectivity index (χ0) is 15.3. The predicted octanol–water partition coefficient (Wildman–Crippen LogP) is 0.234. The Kier molecular flexibility index (Phi) is 5.19. The van der Waals surface area contributed by atoms with Gasteiger partial charge in [-0.2, -0.15) is 0 Å². The van der Waals surface area contributed by atoms with Crippen molar-refractivity contribution in [1.29, 1.82) is 0 Å². The summed E-state index contributed by atoms with van der Waals surface area (Å²) in [6.07, 6.45) is 1.22. The number of carboxylic acids is 1. The average molecular weight is 279 g/mol. The van der Waals surface area contributed by atoms with E-state index in [-0.39, 0.29) is 35.5 Å². The van der Waals surface area contributed by atoms with E-state index in [2.05, 4.69) is 10.3 Å². The minimum atomic E-state index is -1.15. The molecule has 7 nitrogen and oxygen atoms in total. The van der Waals surface area contributed by atoms with Gasteiger partial charge in [-0.1, -0.05) is 6.92 Å². The van der Waals surface area contributed by atoms with Crippen molar-refractivity contribution in [2.24, 2.45) is 5.92 Å². The van der Waals surface area contributed by atoms with Gasteiger partial charge in [-0.25, -0.2) is 9.78 Å². The van der Waals surface area contributed by atoms with Gasteiger partial charge in [0.15, 0.2) is 0 Å². The summed E-state index contributed by atoms with van der Waals surface area (Å²) >= 11 is 0. The number of carbonyl (C=O) groups excluding carboxylic acids is 2. The van der Waals surface area contributed by atoms with Gasteiger partial charge in [0.25, 0.3) is 5.91 Å². The van der Waals surface area contributed by atoms with Gasteiger partial charge in [0, 0.05) is 26.8 Å². The second-order valence-electron chi connectivity index (χ2n) is 4.44. The highest BCUT2D eigenvalue weighted by molar-refractivity contribution is 5.95. The van der Waals surface area contributed by atoms with Crippen LogP contribution in [0.15, 0.2) is 18.3 Å². The molecule has 2 amide bonds. The van der Waals surface area contributed by atoms with Crippen LogP contribution in [0.2, 0.25) is 0 Å². The number of hydrogen-bond donors (Lipinski definition) is 2. The third kappa shape index (κ3) is 3.78. The number of aromatic carboxylic acids is 1. The molecule has 1 atom stereocenters. The molecule has 108 valence electrons. The number of aromatic nitrogens is 1. The Morgan fingerprint density at radius 2 is 2.05 bits per heavy atom. The maximum Gasteiger partial charge on any atom is 0.354 e. The van der Waals surface area contributed by atoms with Crippen LogP contribution in [0.25, 0.3) is 0 Å².